The fraction of sp³-hybridized carbons (Fsp3) is 0.471. The number of rotatable bonds is 15. The van der Waals surface area contributed by atoms with Crippen molar-refractivity contribution in [3.63, 3.8) is 0 Å². The number of hydrogen-bond donors (Lipinski definition) is 2. The molecule has 4 rings (SSSR count). The van der Waals surface area contributed by atoms with Crippen molar-refractivity contribution in [1.82, 2.24) is 0 Å². The van der Waals surface area contributed by atoms with E-state index in [1.807, 2.05) is 54.6 Å². The minimum Gasteiger partial charge on any atom is -0.497 e. The Morgan fingerprint density at radius 2 is 1.69 bits per heavy atom. The molecule has 8 heteroatoms. The summed E-state index contributed by atoms with van der Waals surface area (Å²) in [5.74, 6) is -0.835. The van der Waals surface area contributed by atoms with Gasteiger partial charge in [-0.1, -0.05) is 62.6 Å². The van der Waals surface area contributed by atoms with Crippen molar-refractivity contribution in [2.24, 2.45) is 5.92 Å². The molecular formula is C34H42O7S. The molecule has 3 unspecified atom stereocenters. The maximum Gasteiger partial charge on any atom is 0.348 e. The molecule has 1 aromatic heterocycles. The molecule has 0 radical (unpaired) electrons. The molecule has 0 saturated heterocycles. The van der Waals surface area contributed by atoms with Crippen molar-refractivity contribution in [2.45, 2.75) is 82.7 Å². The number of aryl methyl sites for hydroxylation is 1. The monoisotopic (exact) mass is 594 g/mol. The lowest BCUT2D eigenvalue weighted by atomic mass is 9.83. The first kappa shape index (κ1) is 31.9. The smallest absolute Gasteiger partial charge is 0.348 e. The summed E-state index contributed by atoms with van der Waals surface area (Å²) < 4.78 is 16.4. The average Bonchev–Trinajstić information content (AvgIpc) is 3.58. The molecular weight excluding hydrogens is 552 g/mol. The number of benzene rings is 2. The molecule has 1 aliphatic rings. The minimum absolute atomic E-state index is 0.0837. The molecule has 0 amide bonds. The van der Waals surface area contributed by atoms with Gasteiger partial charge in [0, 0.05) is 10.8 Å². The summed E-state index contributed by atoms with van der Waals surface area (Å²) in [7, 11) is 3.01. The van der Waals surface area contributed by atoms with E-state index in [0.717, 1.165) is 59.4 Å². The Hall–Kier alpha value is -3.04. The third-order valence-electron chi connectivity index (χ3n) is 8.14. The Labute approximate surface area is 252 Å². The highest BCUT2D eigenvalue weighted by atomic mass is 32.1. The van der Waals surface area contributed by atoms with Gasteiger partial charge in [-0.15, -0.1) is 11.3 Å². The Bertz CT molecular complexity index is 1280. The highest BCUT2D eigenvalue weighted by Gasteiger charge is 2.48. The lowest BCUT2D eigenvalue weighted by Gasteiger charge is -2.23. The molecule has 1 saturated carbocycles. The molecule has 3 aromatic rings. The topological polar surface area (TPSA) is 102 Å². The van der Waals surface area contributed by atoms with Crippen LogP contribution in [0.15, 0.2) is 60.7 Å². The summed E-state index contributed by atoms with van der Waals surface area (Å²) in [5, 5.41) is 21.3. The second-order valence-electron chi connectivity index (χ2n) is 10.9. The number of esters is 1. The molecule has 0 bridgehead atoms. The average molecular weight is 595 g/mol. The lowest BCUT2D eigenvalue weighted by molar-refractivity contribution is -0.127. The Balaban J connectivity index is 1.43. The number of ether oxygens (including phenoxy) is 3. The van der Waals surface area contributed by atoms with E-state index in [1.165, 1.54) is 18.4 Å². The minimum atomic E-state index is -1.39. The fourth-order valence-electron chi connectivity index (χ4n) is 5.74. The first-order chi connectivity index (χ1) is 20.4. The Morgan fingerprint density at radius 3 is 2.36 bits per heavy atom. The molecule has 1 fully saturated rings. The zero-order valence-corrected chi connectivity index (χ0v) is 25.5. The number of ketones is 1. The number of hydrogen-bond acceptors (Lipinski definition) is 8. The van der Waals surface area contributed by atoms with Crippen LogP contribution >= 0.6 is 11.3 Å². The van der Waals surface area contributed by atoms with E-state index < -0.39 is 18.1 Å². The van der Waals surface area contributed by atoms with E-state index in [9.17, 15) is 19.8 Å². The second kappa shape index (κ2) is 15.4. The van der Waals surface area contributed by atoms with Crippen LogP contribution in [-0.2, 0) is 27.3 Å². The Morgan fingerprint density at radius 1 is 0.952 bits per heavy atom. The van der Waals surface area contributed by atoms with Crippen LogP contribution in [0.1, 0.15) is 88.7 Å². The van der Waals surface area contributed by atoms with E-state index in [2.05, 4.69) is 6.92 Å². The van der Waals surface area contributed by atoms with Crippen LogP contribution in [0.2, 0.25) is 0 Å². The predicted octanol–water partition coefficient (Wildman–Crippen LogP) is 6.41. The molecule has 42 heavy (non-hydrogen) atoms. The number of methoxy groups -OCH3 is 2. The molecule has 1 heterocycles. The van der Waals surface area contributed by atoms with E-state index in [-0.39, 0.29) is 23.8 Å². The number of aliphatic hydroxyl groups excluding tert-OH is 2. The van der Waals surface area contributed by atoms with Crippen LogP contribution in [0, 0.1) is 5.92 Å². The van der Waals surface area contributed by atoms with Gasteiger partial charge < -0.3 is 24.4 Å². The van der Waals surface area contributed by atoms with Crippen molar-refractivity contribution >= 4 is 23.1 Å². The van der Waals surface area contributed by atoms with Crippen LogP contribution in [0.5, 0.6) is 5.75 Å². The van der Waals surface area contributed by atoms with Gasteiger partial charge in [-0.3, -0.25) is 4.79 Å². The van der Waals surface area contributed by atoms with Gasteiger partial charge in [0.25, 0.3) is 0 Å². The quantitative estimate of drug-likeness (QED) is 0.155. The first-order valence-corrected chi connectivity index (χ1v) is 15.6. The number of carbonyl (C=O) groups excluding carboxylic acids is 2. The maximum atomic E-state index is 13.1. The van der Waals surface area contributed by atoms with Crippen LogP contribution in [0.3, 0.4) is 0 Å². The van der Waals surface area contributed by atoms with Gasteiger partial charge in [-0.2, -0.15) is 0 Å². The summed E-state index contributed by atoms with van der Waals surface area (Å²) in [6.45, 7) is 2.66. The maximum absolute atomic E-state index is 13.1. The van der Waals surface area contributed by atoms with E-state index in [0.29, 0.717) is 24.3 Å². The third-order valence-corrected chi connectivity index (χ3v) is 9.27. The molecule has 7 nitrogen and oxygen atoms in total. The van der Waals surface area contributed by atoms with Crippen molar-refractivity contribution in [2.75, 3.05) is 14.2 Å². The molecule has 226 valence electrons. The lowest BCUT2D eigenvalue weighted by Crippen LogP contribution is -2.28. The highest BCUT2D eigenvalue weighted by Crippen LogP contribution is 2.41. The fourth-order valence-corrected chi connectivity index (χ4v) is 6.71. The summed E-state index contributed by atoms with van der Waals surface area (Å²) in [4.78, 5) is 26.4. The third kappa shape index (κ3) is 7.86. The van der Waals surface area contributed by atoms with Crippen LogP contribution in [-0.4, -0.2) is 48.4 Å². The zero-order valence-electron chi connectivity index (χ0n) is 24.7. The summed E-state index contributed by atoms with van der Waals surface area (Å²) in [5.41, 5.74) is 2.92. The summed E-state index contributed by atoms with van der Waals surface area (Å²) in [6, 6.07) is 19.4. The van der Waals surface area contributed by atoms with Crippen molar-refractivity contribution in [3.05, 3.63) is 87.1 Å². The molecule has 0 spiro atoms. The Kier molecular flexibility index (Phi) is 11.7. The van der Waals surface area contributed by atoms with Gasteiger partial charge in [-0.25, -0.2) is 4.79 Å². The standard InChI is InChI=1S/C34H42O7S/c1-4-5-6-10-28(41-21-22-11-17-25(39-2)18-12-22)23-13-15-24(16-14-23)30-27(31(35)33(37)32(30)36)9-7-8-26-19-20-29(42-26)34(38)40-3/h11-20,27-28,30-31,33,35,37H,4-10,21H2,1-3H3/t27-,28?,30-,31?,33?/m1/s1. The normalized spacial score (nSPS) is 20.9. The van der Waals surface area contributed by atoms with Crippen molar-refractivity contribution < 1.29 is 34.0 Å². The summed E-state index contributed by atoms with van der Waals surface area (Å²) in [6.07, 6.45) is 3.63. The number of Topliss-reactive ketones (excluding diaryl/α,β-unsaturated/α-hetero) is 1. The largest absolute Gasteiger partial charge is 0.497 e. The predicted molar refractivity (Wildman–Crippen MR) is 163 cm³/mol. The van der Waals surface area contributed by atoms with Crippen molar-refractivity contribution in [3.8, 4) is 5.75 Å². The zero-order chi connectivity index (χ0) is 30.1. The molecule has 2 N–H and O–H groups in total. The number of aliphatic hydroxyl groups is 2. The first-order valence-electron chi connectivity index (χ1n) is 14.8. The SMILES string of the molecule is CCCCCC(OCc1ccc(OC)cc1)c1ccc([C@H]2C(=O)C(O)C(O)[C@@H]2CCCc2ccc(C(=O)OC)s2)cc1. The number of carbonyl (C=O) groups is 2. The molecule has 0 aliphatic heterocycles. The van der Waals surface area contributed by atoms with Crippen LogP contribution in [0.4, 0.5) is 0 Å². The highest BCUT2D eigenvalue weighted by molar-refractivity contribution is 7.13. The van der Waals surface area contributed by atoms with Gasteiger partial charge in [0.05, 0.1) is 39.0 Å². The van der Waals surface area contributed by atoms with Crippen molar-refractivity contribution in [1.29, 1.82) is 0 Å². The van der Waals surface area contributed by atoms with Crippen LogP contribution in [0.25, 0.3) is 0 Å². The van der Waals surface area contributed by atoms with Crippen LogP contribution < -0.4 is 4.74 Å². The van der Waals surface area contributed by atoms with E-state index in [4.69, 9.17) is 14.2 Å². The number of unbranched alkanes of at least 4 members (excludes halogenated alkanes) is 2. The number of thiophene rings is 1. The second-order valence-corrected chi connectivity index (χ2v) is 12.1. The summed E-state index contributed by atoms with van der Waals surface area (Å²) >= 11 is 1.39. The van der Waals surface area contributed by atoms with Gasteiger partial charge in [0.15, 0.2) is 5.78 Å². The molecule has 1 aliphatic carbocycles. The van der Waals surface area contributed by atoms with Gasteiger partial charge >= 0.3 is 5.97 Å². The van der Waals surface area contributed by atoms with Gasteiger partial charge in [0.2, 0.25) is 0 Å². The van der Waals surface area contributed by atoms with E-state index >= 15 is 0 Å². The van der Waals surface area contributed by atoms with E-state index in [1.54, 1.807) is 13.2 Å². The molecule has 5 atom stereocenters. The molecule has 2 aromatic carbocycles. The van der Waals surface area contributed by atoms with Gasteiger partial charge in [0.1, 0.15) is 16.7 Å². The van der Waals surface area contributed by atoms with Gasteiger partial charge in [-0.05, 0) is 66.6 Å².